The number of nitrogens with zero attached hydrogens (tertiary/aromatic N) is 3. The Morgan fingerprint density at radius 3 is 2.39 bits per heavy atom. The summed E-state index contributed by atoms with van der Waals surface area (Å²) < 4.78 is 32.8. The number of nitrogens with one attached hydrogen (secondary N) is 1. The largest absolute Gasteiger partial charge is 0.378 e. The van der Waals surface area contributed by atoms with Gasteiger partial charge in [-0.15, -0.1) is 11.8 Å². The molecular formula is C38H46N4O6S3. The van der Waals surface area contributed by atoms with Crippen LogP contribution < -0.4 is 10.2 Å². The molecule has 13 heteroatoms. The van der Waals surface area contributed by atoms with Crippen molar-refractivity contribution in [3.63, 3.8) is 0 Å². The van der Waals surface area contributed by atoms with Crippen LogP contribution in [0.2, 0.25) is 0 Å². The van der Waals surface area contributed by atoms with Crippen molar-refractivity contribution in [2.45, 2.75) is 53.4 Å². The van der Waals surface area contributed by atoms with Gasteiger partial charge in [0.15, 0.2) is 20.6 Å². The number of piperidine rings is 1. The van der Waals surface area contributed by atoms with Gasteiger partial charge in [-0.05, 0) is 88.8 Å². The molecule has 1 aliphatic rings. The second-order valence-corrected chi connectivity index (χ2v) is 17.7. The van der Waals surface area contributed by atoms with Gasteiger partial charge in [0, 0.05) is 60.6 Å². The lowest BCUT2D eigenvalue weighted by molar-refractivity contribution is -0.383. The molecule has 0 bridgehead atoms. The summed E-state index contributed by atoms with van der Waals surface area (Å²) in [6.45, 7) is 4.41. The Bertz CT molecular complexity index is 1890. The molecule has 3 aromatic carbocycles. The third-order valence-corrected chi connectivity index (χ3v) is 13.6. The van der Waals surface area contributed by atoms with Crippen LogP contribution in [0.1, 0.15) is 40.7 Å². The van der Waals surface area contributed by atoms with Gasteiger partial charge in [0.25, 0.3) is 0 Å². The fourth-order valence-electron chi connectivity index (χ4n) is 6.27. The standard InChI is InChI=1S/C38H46N4O6S3/c1-28-9-8-10-29(23-28)25-38(48-4)18-21-41(22-19-38)32-15-13-30(14-16-32)35(43)27-51(46,47)36-24-34(42(44)45)37(50-36)39-31(17-20-40(2)3)26-49-33-11-6-5-7-12-33/h5-16,23-24,31,39H,17-22,25-27H2,1-4H3/t31-/m1/s1. The minimum atomic E-state index is -4.15. The predicted octanol–water partition coefficient (Wildman–Crippen LogP) is 7.37. The number of hydrogen-bond donors (Lipinski definition) is 1. The minimum absolute atomic E-state index is 0.162. The van der Waals surface area contributed by atoms with Crippen LogP contribution in [0.4, 0.5) is 16.4 Å². The maximum Gasteiger partial charge on any atom is 0.304 e. The molecule has 0 radical (unpaired) electrons. The molecule has 1 atom stereocenters. The number of ether oxygens (including phenoxy) is 1. The zero-order chi connectivity index (χ0) is 36.6. The van der Waals surface area contributed by atoms with Gasteiger partial charge in [0.05, 0.1) is 10.5 Å². The molecule has 1 aliphatic heterocycles. The maximum atomic E-state index is 13.5. The van der Waals surface area contributed by atoms with Crippen molar-refractivity contribution in [1.82, 2.24) is 4.90 Å². The van der Waals surface area contributed by atoms with E-state index in [0.29, 0.717) is 12.2 Å². The third kappa shape index (κ3) is 10.4. The van der Waals surface area contributed by atoms with E-state index >= 15 is 0 Å². The van der Waals surface area contributed by atoms with E-state index in [4.69, 9.17) is 4.74 Å². The molecule has 0 unspecified atom stereocenters. The van der Waals surface area contributed by atoms with Crippen LogP contribution in [0.15, 0.2) is 94.0 Å². The first-order valence-corrected chi connectivity index (χ1v) is 20.4. The predicted molar refractivity (Wildman–Crippen MR) is 208 cm³/mol. The normalized spacial score (nSPS) is 15.1. The molecule has 0 saturated carbocycles. The van der Waals surface area contributed by atoms with Crippen LogP contribution in [0, 0.1) is 17.0 Å². The van der Waals surface area contributed by atoms with E-state index in [1.54, 1.807) is 31.0 Å². The molecule has 0 aliphatic carbocycles. The van der Waals surface area contributed by atoms with Crippen LogP contribution in [0.25, 0.3) is 0 Å². The number of Topliss-reactive ketones (excluding diaryl/α,β-unsaturated/α-hetero) is 1. The SMILES string of the molecule is COC1(Cc2cccc(C)c2)CCN(c2ccc(C(=O)CS(=O)(=O)c3cc([N+](=O)[O-])c(N[C@H](CCN(C)C)CSc4ccccc4)s3)cc2)CC1. The molecule has 4 aromatic rings. The van der Waals surface area contributed by atoms with Crippen molar-refractivity contribution in [1.29, 1.82) is 0 Å². The van der Waals surface area contributed by atoms with Crippen LogP contribution in [0.5, 0.6) is 0 Å². The molecule has 2 heterocycles. The first-order valence-electron chi connectivity index (χ1n) is 17.0. The van der Waals surface area contributed by atoms with Gasteiger partial charge in [0.1, 0.15) is 9.96 Å². The highest BCUT2D eigenvalue weighted by atomic mass is 32.2. The fraction of sp³-hybridized carbons (Fsp3) is 0.395. The highest BCUT2D eigenvalue weighted by Crippen LogP contribution is 2.39. The van der Waals surface area contributed by atoms with Gasteiger partial charge in [0.2, 0.25) is 0 Å². The number of sulfone groups is 1. The third-order valence-electron chi connectivity index (χ3n) is 9.24. The zero-order valence-corrected chi connectivity index (χ0v) is 32.0. The molecule has 0 amide bonds. The smallest absolute Gasteiger partial charge is 0.304 e. The van der Waals surface area contributed by atoms with Gasteiger partial charge in [-0.2, -0.15) is 0 Å². The number of thiophene rings is 1. The lowest BCUT2D eigenvalue weighted by Crippen LogP contribution is -2.47. The van der Waals surface area contributed by atoms with Crippen molar-refractivity contribution < 1.29 is 22.9 Å². The van der Waals surface area contributed by atoms with Gasteiger partial charge in [-0.3, -0.25) is 14.9 Å². The van der Waals surface area contributed by atoms with Crippen molar-refractivity contribution in [2.24, 2.45) is 0 Å². The number of thioether (sulfide) groups is 1. The Balaban J connectivity index is 1.23. The fourth-order valence-corrected chi connectivity index (χ4v) is 9.98. The monoisotopic (exact) mass is 750 g/mol. The van der Waals surface area contributed by atoms with E-state index in [9.17, 15) is 23.3 Å². The zero-order valence-electron chi connectivity index (χ0n) is 29.5. The lowest BCUT2D eigenvalue weighted by Gasteiger charge is -2.42. The van der Waals surface area contributed by atoms with Crippen molar-refractivity contribution >= 4 is 55.1 Å². The average molecular weight is 751 g/mol. The number of rotatable bonds is 17. The van der Waals surface area contributed by atoms with Gasteiger partial charge in [-0.1, -0.05) is 59.4 Å². The van der Waals surface area contributed by atoms with E-state index in [1.807, 2.05) is 61.5 Å². The Hall–Kier alpha value is -3.75. The van der Waals surface area contributed by atoms with E-state index in [-0.39, 0.29) is 32.1 Å². The summed E-state index contributed by atoms with van der Waals surface area (Å²) in [6.07, 6.45) is 3.23. The first kappa shape index (κ1) is 38.5. The molecule has 1 fully saturated rings. The summed E-state index contributed by atoms with van der Waals surface area (Å²) in [5, 5.41) is 15.5. The van der Waals surface area contributed by atoms with E-state index < -0.39 is 26.3 Å². The van der Waals surface area contributed by atoms with E-state index in [1.165, 1.54) is 11.1 Å². The molecule has 5 rings (SSSR count). The minimum Gasteiger partial charge on any atom is -0.378 e. The van der Waals surface area contributed by atoms with Crippen molar-refractivity contribution in [3.8, 4) is 0 Å². The number of nitro groups is 1. The Kier molecular flexibility index (Phi) is 13.0. The molecule has 10 nitrogen and oxygen atoms in total. The summed E-state index contributed by atoms with van der Waals surface area (Å²) in [7, 11) is 1.54. The number of aryl methyl sites for hydroxylation is 1. The van der Waals surface area contributed by atoms with E-state index in [0.717, 1.165) is 66.9 Å². The average Bonchev–Trinajstić information content (AvgIpc) is 3.55. The second-order valence-electron chi connectivity index (χ2n) is 13.4. The summed E-state index contributed by atoms with van der Waals surface area (Å²) in [5.41, 5.74) is 3.16. The van der Waals surface area contributed by atoms with Gasteiger partial charge < -0.3 is 19.9 Å². The molecule has 1 N–H and O–H groups in total. The molecule has 51 heavy (non-hydrogen) atoms. The highest BCUT2D eigenvalue weighted by molar-refractivity contribution is 7.99. The molecule has 1 saturated heterocycles. The van der Waals surface area contributed by atoms with Gasteiger partial charge >= 0.3 is 5.69 Å². The summed E-state index contributed by atoms with van der Waals surface area (Å²) >= 11 is 2.43. The number of carbonyl (C=O) groups excluding carboxylic acids is 1. The van der Waals surface area contributed by atoms with Crippen LogP contribution >= 0.6 is 23.1 Å². The summed E-state index contributed by atoms with van der Waals surface area (Å²) in [6, 6.07) is 26.3. The number of benzene rings is 3. The Labute approximate surface area is 309 Å². The van der Waals surface area contributed by atoms with Gasteiger partial charge in [-0.25, -0.2) is 8.42 Å². The molecule has 0 spiro atoms. The van der Waals surface area contributed by atoms with Crippen LogP contribution in [-0.2, 0) is 21.0 Å². The molecule has 1 aromatic heterocycles. The van der Waals surface area contributed by atoms with Crippen LogP contribution in [0.3, 0.4) is 0 Å². The molecular weight excluding hydrogens is 705 g/mol. The maximum absolute atomic E-state index is 13.5. The Morgan fingerprint density at radius 1 is 1.06 bits per heavy atom. The van der Waals surface area contributed by atoms with Crippen molar-refractivity contribution in [3.05, 3.63) is 112 Å². The van der Waals surface area contributed by atoms with Crippen molar-refractivity contribution in [2.75, 3.05) is 62.6 Å². The van der Waals surface area contributed by atoms with E-state index in [2.05, 4.69) is 41.4 Å². The van der Waals surface area contributed by atoms with Crippen LogP contribution in [-0.4, -0.2) is 88.0 Å². The highest BCUT2D eigenvalue weighted by Gasteiger charge is 2.35. The second kappa shape index (κ2) is 17.2. The first-order chi connectivity index (χ1) is 24.4. The quantitative estimate of drug-likeness (QED) is 0.0507. The number of anilines is 2. The number of hydrogen-bond acceptors (Lipinski definition) is 11. The number of ketones is 1. The molecule has 272 valence electrons. The Morgan fingerprint density at radius 2 is 1.76 bits per heavy atom. The number of carbonyl (C=O) groups is 1. The summed E-state index contributed by atoms with van der Waals surface area (Å²) in [5.74, 6) is -0.719. The topological polar surface area (TPSA) is 122 Å². The summed E-state index contributed by atoms with van der Waals surface area (Å²) in [4.78, 5) is 30.1. The lowest BCUT2D eigenvalue weighted by atomic mass is 9.84. The number of methoxy groups -OCH3 is 1.